The van der Waals surface area contributed by atoms with Gasteiger partial charge in [0.25, 0.3) is 0 Å². The smallest absolute Gasteiger partial charge is 0.329 e. The van der Waals surface area contributed by atoms with Crippen molar-refractivity contribution in [3.63, 3.8) is 0 Å². The predicted molar refractivity (Wildman–Crippen MR) is 68.4 cm³/mol. The Morgan fingerprint density at radius 1 is 1.21 bits per heavy atom. The number of carbonyl (C=O) groups is 3. The number of carbonyl (C=O) groups excluding carboxylic acids is 2. The molecule has 4 N–H and O–H groups in total. The topological polar surface area (TPSA) is 116 Å². The van der Waals surface area contributed by atoms with E-state index in [0.717, 1.165) is 0 Å². The summed E-state index contributed by atoms with van der Waals surface area (Å²) in [6.07, 6.45) is 0.951. The van der Waals surface area contributed by atoms with Gasteiger partial charge in [0.1, 0.15) is 6.04 Å². The summed E-state index contributed by atoms with van der Waals surface area (Å²) in [6, 6.07) is -2.30. The fraction of sp³-hybridized carbons (Fsp3) is 0.750. The van der Waals surface area contributed by atoms with Crippen LogP contribution in [0, 0.1) is 0 Å². The maximum Gasteiger partial charge on any atom is 0.329 e. The van der Waals surface area contributed by atoms with Gasteiger partial charge in [-0.1, -0.05) is 6.92 Å². The van der Waals surface area contributed by atoms with Crippen molar-refractivity contribution in [1.82, 2.24) is 10.6 Å². The molecule has 0 aromatic heterocycles. The molecule has 0 rings (SSSR count). The van der Waals surface area contributed by atoms with Crippen LogP contribution < -0.4 is 10.6 Å². The fourth-order valence-corrected chi connectivity index (χ4v) is 1.41. The largest absolute Gasteiger partial charge is 0.480 e. The van der Waals surface area contributed by atoms with Crippen molar-refractivity contribution in [1.29, 1.82) is 0 Å². The van der Waals surface area contributed by atoms with Crippen molar-refractivity contribution in [3.05, 3.63) is 0 Å². The Hall–Kier alpha value is -1.63. The summed E-state index contributed by atoms with van der Waals surface area (Å²) in [5.41, 5.74) is -1.60. The summed E-state index contributed by atoms with van der Waals surface area (Å²) in [6.45, 7) is 5.85. The van der Waals surface area contributed by atoms with Crippen molar-refractivity contribution >= 4 is 17.8 Å². The summed E-state index contributed by atoms with van der Waals surface area (Å²) >= 11 is 0. The molecule has 0 aliphatic carbocycles. The zero-order valence-corrected chi connectivity index (χ0v) is 11.7. The van der Waals surface area contributed by atoms with E-state index in [0.29, 0.717) is 12.8 Å². The molecule has 7 nitrogen and oxygen atoms in total. The summed E-state index contributed by atoms with van der Waals surface area (Å²) in [4.78, 5) is 34.0. The lowest BCUT2D eigenvalue weighted by Crippen LogP contribution is -2.57. The first kappa shape index (κ1) is 17.4. The van der Waals surface area contributed by atoms with Crippen LogP contribution in [-0.2, 0) is 14.4 Å². The molecule has 0 fully saturated rings. The SMILES string of the molecule is CCCC(=O)N[C@@H](C)C(=O)N[C@H](C(=O)O)C(C)(C)O. The Bertz CT molecular complexity index is 349. The molecule has 0 aliphatic rings. The highest BCUT2D eigenvalue weighted by molar-refractivity contribution is 5.90. The number of aliphatic carboxylic acids is 1. The molecule has 110 valence electrons. The molecule has 0 unspecified atom stereocenters. The third-order valence-electron chi connectivity index (χ3n) is 2.49. The van der Waals surface area contributed by atoms with Gasteiger partial charge in [-0.2, -0.15) is 0 Å². The van der Waals surface area contributed by atoms with Gasteiger partial charge in [0.15, 0.2) is 6.04 Å². The molecule has 0 radical (unpaired) electrons. The number of aliphatic hydroxyl groups is 1. The monoisotopic (exact) mass is 274 g/mol. The number of carboxylic acids is 1. The van der Waals surface area contributed by atoms with Crippen LogP contribution in [0.2, 0.25) is 0 Å². The highest BCUT2D eigenvalue weighted by Crippen LogP contribution is 2.09. The molecule has 0 aliphatic heterocycles. The number of carboxylic acid groups (broad SMARTS) is 1. The van der Waals surface area contributed by atoms with Crippen LogP contribution >= 0.6 is 0 Å². The van der Waals surface area contributed by atoms with Crippen LogP contribution in [0.1, 0.15) is 40.5 Å². The minimum atomic E-state index is -1.60. The molecule has 7 heteroatoms. The lowest BCUT2D eigenvalue weighted by atomic mass is 9.99. The maximum absolute atomic E-state index is 11.7. The van der Waals surface area contributed by atoms with Gasteiger partial charge >= 0.3 is 5.97 Å². The number of rotatable bonds is 7. The normalized spacial score (nSPS) is 14.4. The highest BCUT2D eigenvalue weighted by Gasteiger charge is 2.35. The third-order valence-corrected chi connectivity index (χ3v) is 2.49. The average molecular weight is 274 g/mol. The van der Waals surface area contributed by atoms with Crippen molar-refractivity contribution in [2.45, 2.75) is 58.2 Å². The minimum absolute atomic E-state index is 0.278. The second-order valence-electron chi connectivity index (χ2n) is 4.97. The van der Waals surface area contributed by atoms with Gasteiger partial charge in [-0.05, 0) is 27.2 Å². The van der Waals surface area contributed by atoms with E-state index in [9.17, 15) is 19.5 Å². The number of hydrogen-bond donors (Lipinski definition) is 4. The first-order valence-corrected chi connectivity index (χ1v) is 6.14. The zero-order chi connectivity index (χ0) is 15.2. The molecule has 2 amide bonds. The van der Waals surface area contributed by atoms with E-state index in [1.54, 1.807) is 0 Å². The van der Waals surface area contributed by atoms with E-state index in [4.69, 9.17) is 5.11 Å². The van der Waals surface area contributed by atoms with Crippen molar-refractivity contribution in [2.24, 2.45) is 0 Å². The molecule has 0 heterocycles. The molecule has 19 heavy (non-hydrogen) atoms. The summed E-state index contributed by atoms with van der Waals surface area (Å²) in [7, 11) is 0. The first-order valence-electron chi connectivity index (χ1n) is 6.14. The summed E-state index contributed by atoms with van der Waals surface area (Å²) in [5, 5.41) is 23.3. The number of nitrogens with one attached hydrogen (secondary N) is 2. The van der Waals surface area contributed by atoms with Gasteiger partial charge in [-0.15, -0.1) is 0 Å². The lowest BCUT2D eigenvalue weighted by Gasteiger charge is -2.27. The zero-order valence-electron chi connectivity index (χ0n) is 11.7. The lowest BCUT2D eigenvalue weighted by molar-refractivity contribution is -0.148. The molecule has 0 spiro atoms. The Balaban J connectivity index is 4.57. The Morgan fingerprint density at radius 2 is 1.74 bits per heavy atom. The quantitative estimate of drug-likeness (QED) is 0.505. The van der Waals surface area contributed by atoms with Crippen LogP contribution in [-0.4, -0.2) is 45.7 Å². The van der Waals surface area contributed by atoms with Gasteiger partial charge in [0, 0.05) is 6.42 Å². The summed E-state index contributed by atoms with van der Waals surface area (Å²) in [5.74, 6) is -2.27. The van der Waals surface area contributed by atoms with Crippen LogP contribution in [0.4, 0.5) is 0 Å². The number of amides is 2. The van der Waals surface area contributed by atoms with E-state index in [1.165, 1.54) is 20.8 Å². The molecule has 0 bridgehead atoms. The van der Waals surface area contributed by atoms with Gasteiger partial charge in [-0.25, -0.2) is 4.79 Å². The Kier molecular flexibility index (Phi) is 6.47. The first-order chi connectivity index (χ1) is 8.59. The molecule has 0 saturated heterocycles. The molecular weight excluding hydrogens is 252 g/mol. The van der Waals surface area contributed by atoms with E-state index in [1.807, 2.05) is 6.92 Å². The van der Waals surface area contributed by atoms with E-state index in [-0.39, 0.29) is 5.91 Å². The van der Waals surface area contributed by atoms with E-state index in [2.05, 4.69) is 10.6 Å². The van der Waals surface area contributed by atoms with Crippen LogP contribution in [0.5, 0.6) is 0 Å². The van der Waals surface area contributed by atoms with Crippen molar-refractivity contribution < 1.29 is 24.6 Å². The summed E-state index contributed by atoms with van der Waals surface area (Å²) < 4.78 is 0. The van der Waals surface area contributed by atoms with Crippen LogP contribution in [0.15, 0.2) is 0 Å². The second-order valence-corrected chi connectivity index (χ2v) is 4.97. The van der Waals surface area contributed by atoms with E-state index >= 15 is 0 Å². The Morgan fingerprint density at radius 3 is 2.11 bits per heavy atom. The standard InChI is InChI=1S/C12H22N2O5/c1-5-6-8(15)13-7(2)10(16)14-9(11(17)18)12(3,4)19/h7,9,19H,5-6H2,1-4H3,(H,13,15)(H,14,16)(H,17,18)/t7-,9+/m0/s1. The molecule has 0 aromatic rings. The van der Waals surface area contributed by atoms with Gasteiger partial charge in [0.2, 0.25) is 11.8 Å². The molecule has 2 atom stereocenters. The molecule has 0 aromatic carbocycles. The van der Waals surface area contributed by atoms with Crippen LogP contribution in [0.3, 0.4) is 0 Å². The number of hydrogen-bond acceptors (Lipinski definition) is 4. The average Bonchev–Trinajstić information content (AvgIpc) is 2.23. The second kappa shape index (κ2) is 7.08. The van der Waals surface area contributed by atoms with Crippen LogP contribution in [0.25, 0.3) is 0 Å². The Labute approximate surface area is 112 Å². The van der Waals surface area contributed by atoms with Gasteiger partial charge in [-0.3, -0.25) is 9.59 Å². The molecular formula is C12H22N2O5. The molecule has 0 saturated carbocycles. The fourth-order valence-electron chi connectivity index (χ4n) is 1.41. The van der Waals surface area contributed by atoms with Crippen molar-refractivity contribution in [2.75, 3.05) is 0 Å². The van der Waals surface area contributed by atoms with Gasteiger partial charge < -0.3 is 20.8 Å². The van der Waals surface area contributed by atoms with E-state index < -0.39 is 29.6 Å². The maximum atomic E-state index is 11.7. The van der Waals surface area contributed by atoms with Crippen molar-refractivity contribution in [3.8, 4) is 0 Å². The predicted octanol–water partition coefficient (Wildman–Crippen LogP) is -0.368. The highest BCUT2D eigenvalue weighted by atomic mass is 16.4. The minimum Gasteiger partial charge on any atom is -0.480 e. The third kappa shape index (κ3) is 6.19. The van der Waals surface area contributed by atoms with Gasteiger partial charge in [0.05, 0.1) is 5.60 Å².